The molecule has 2 aromatic rings. The Morgan fingerprint density at radius 3 is 2.71 bits per heavy atom. The topological polar surface area (TPSA) is 79.8 Å². The van der Waals surface area contributed by atoms with Crippen LogP contribution in [-0.2, 0) is 6.54 Å². The van der Waals surface area contributed by atoms with E-state index in [9.17, 15) is 14.9 Å². The number of nitrogens with zero attached hydrogens (tertiary/aromatic N) is 3. The van der Waals surface area contributed by atoms with E-state index in [1.807, 2.05) is 4.90 Å². The molecule has 0 radical (unpaired) electrons. The van der Waals surface area contributed by atoms with Crippen molar-refractivity contribution in [3.05, 3.63) is 58.0 Å². The van der Waals surface area contributed by atoms with Crippen LogP contribution in [0.5, 0.6) is 0 Å². The first-order valence-electron chi connectivity index (χ1n) is 7.87. The maximum Gasteiger partial charge on any atom is 0.293 e. The standard InChI is InChI=1S/C17H19N3O4/c1-18(12-14-5-4-10-24-14)17(21)13-6-7-15(16(11-13)20(22)23)19-8-2-3-9-19/h4-7,10-11H,2-3,8-9,12H2,1H3. The Kier molecular flexibility index (Phi) is 4.50. The van der Waals surface area contributed by atoms with Gasteiger partial charge in [-0.25, -0.2) is 0 Å². The van der Waals surface area contributed by atoms with Crippen molar-refractivity contribution in [2.75, 3.05) is 25.0 Å². The summed E-state index contributed by atoms with van der Waals surface area (Å²) in [5, 5.41) is 11.4. The van der Waals surface area contributed by atoms with E-state index in [0.717, 1.165) is 25.9 Å². The van der Waals surface area contributed by atoms with Gasteiger partial charge >= 0.3 is 0 Å². The average Bonchev–Trinajstić information content (AvgIpc) is 3.27. The second-order valence-electron chi connectivity index (χ2n) is 5.90. The number of hydrogen-bond acceptors (Lipinski definition) is 5. The smallest absolute Gasteiger partial charge is 0.293 e. The fourth-order valence-electron chi connectivity index (χ4n) is 2.96. The molecule has 126 valence electrons. The summed E-state index contributed by atoms with van der Waals surface area (Å²) >= 11 is 0. The third-order valence-electron chi connectivity index (χ3n) is 4.19. The van der Waals surface area contributed by atoms with E-state index in [-0.39, 0.29) is 11.6 Å². The van der Waals surface area contributed by atoms with Crippen LogP contribution in [0.2, 0.25) is 0 Å². The van der Waals surface area contributed by atoms with Gasteiger partial charge in [0.2, 0.25) is 0 Å². The molecular formula is C17H19N3O4. The molecule has 0 aliphatic carbocycles. The Labute approximate surface area is 139 Å². The Bertz CT molecular complexity index is 736. The zero-order valence-electron chi connectivity index (χ0n) is 13.5. The number of hydrogen-bond donors (Lipinski definition) is 0. The first-order chi connectivity index (χ1) is 11.6. The molecule has 1 fully saturated rings. The quantitative estimate of drug-likeness (QED) is 0.622. The van der Waals surface area contributed by atoms with Gasteiger partial charge in [-0.3, -0.25) is 14.9 Å². The predicted molar refractivity (Wildman–Crippen MR) is 89.0 cm³/mol. The molecule has 0 saturated carbocycles. The maximum atomic E-state index is 12.5. The Morgan fingerprint density at radius 1 is 1.33 bits per heavy atom. The van der Waals surface area contributed by atoms with E-state index in [2.05, 4.69) is 0 Å². The fourth-order valence-corrected chi connectivity index (χ4v) is 2.96. The van der Waals surface area contributed by atoms with Crippen LogP contribution in [0.25, 0.3) is 0 Å². The van der Waals surface area contributed by atoms with Crippen molar-refractivity contribution >= 4 is 17.3 Å². The largest absolute Gasteiger partial charge is 0.467 e. The molecule has 1 aliphatic heterocycles. The summed E-state index contributed by atoms with van der Waals surface area (Å²) < 4.78 is 5.23. The summed E-state index contributed by atoms with van der Waals surface area (Å²) in [6, 6.07) is 8.24. The van der Waals surface area contributed by atoms with Crippen molar-refractivity contribution in [3.63, 3.8) is 0 Å². The van der Waals surface area contributed by atoms with E-state index >= 15 is 0 Å². The normalized spacial score (nSPS) is 14.0. The lowest BCUT2D eigenvalue weighted by molar-refractivity contribution is -0.384. The minimum absolute atomic E-state index is 0.0193. The number of benzene rings is 1. The summed E-state index contributed by atoms with van der Waals surface area (Å²) in [6.45, 7) is 1.94. The van der Waals surface area contributed by atoms with Gasteiger partial charge in [-0.05, 0) is 37.1 Å². The summed E-state index contributed by atoms with van der Waals surface area (Å²) in [5.41, 5.74) is 0.871. The molecule has 7 heteroatoms. The summed E-state index contributed by atoms with van der Waals surface area (Å²) in [7, 11) is 1.64. The number of nitro benzene ring substituents is 1. The highest BCUT2D eigenvalue weighted by Crippen LogP contribution is 2.32. The van der Waals surface area contributed by atoms with Crippen molar-refractivity contribution in [1.82, 2.24) is 4.90 Å². The summed E-state index contributed by atoms with van der Waals surface area (Å²) in [5.74, 6) is 0.386. The van der Waals surface area contributed by atoms with Crippen LogP contribution in [0.3, 0.4) is 0 Å². The van der Waals surface area contributed by atoms with Crippen LogP contribution in [0, 0.1) is 10.1 Å². The van der Waals surface area contributed by atoms with E-state index in [4.69, 9.17) is 4.42 Å². The average molecular weight is 329 g/mol. The number of anilines is 1. The van der Waals surface area contributed by atoms with Crippen molar-refractivity contribution in [1.29, 1.82) is 0 Å². The van der Waals surface area contributed by atoms with Gasteiger partial charge < -0.3 is 14.2 Å². The lowest BCUT2D eigenvalue weighted by atomic mass is 10.1. The second kappa shape index (κ2) is 6.74. The highest BCUT2D eigenvalue weighted by Gasteiger charge is 2.24. The van der Waals surface area contributed by atoms with E-state index in [0.29, 0.717) is 23.6 Å². The zero-order valence-corrected chi connectivity index (χ0v) is 13.5. The fraction of sp³-hybridized carbons (Fsp3) is 0.353. The van der Waals surface area contributed by atoms with Gasteiger partial charge in [-0.2, -0.15) is 0 Å². The van der Waals surface area contributed by atoms with Crippen LogP contribution in [0.15, 0.2) is 41.0 Å². The van der Waals surface area contributed by atoms with Crippen LogP contribution >= 0.6 is 0 Å². The van der Waals surface area contributed by atoms with Gasteiger partial charge in [-0.15, -0.1) is 0 Å². The van der Waals surface area contributed by atoms with E-state index in [1.165, 1.54) is 11.0 Å². The Balaban J connectivity index is 1.83. The molecule has 0 atom stereocenters. The molecule has 1 aliphatic rings. The SMILES string of the molecule is CN(Cc1ccco1)C(=O)c1ccc(N2CCCC2)c([N+](=O)[O-])c1. The molecule has 0 unspecified atom stereocenters. The first kappa shape index (κ1) is 16.0. The molecule has 1 saturated heterocycles. The molecule has 1 amide bonds. The number of amides is 1. The first-order valence-corrected chi connectivity index (χ1v) is 7.87. The number of rotatable bonds is 5. The number of furan rings is 1. The van der Waals surface area contributed by atoms with Crippen molar-refractivity contribution in [2.45, 2.75) is 19.4 Å². The zero-order chi connectivity index (χ0) is 17.1. The van der Waals surface area contributed by atoms with Gasteiger partial charge in [0.1, 0.15) is 11.4 Å². The van der Waals surface area contributed by atoms with E-state index in [1.54, 1.807) is 37.6 Å². The third-order valence-corrected chi connectivity index (χ3v) is 4.19. The molecule has 2 heterocycles. The van der Waals surface area contributed by atoms with Crippen LogP contribution in [-0.4, -0.2) is 35.9 Å². The van der Waals surface area contributed by atoms with Crippen molar-refractivity contribution in [3.8, 4) is 0 Å². The number of carbonyl (C=O) groups excluding carboxylic acids is 1. The van der Waals surface area contributed by atoms with Crippen LogP contribution in [0.1, 0.15) is 29.0 Å². The van der Waals surface area contributed by atoms with E-state index < -0.39 is 4.92 Å². The number of carbonyl (C=O) groups is 1. The molecule has 3 rings (SSSR count). The monoisotopic (exact) mass is 329 g/mol. The van der Waals surface area contributed by atoms with Gasteiger partial charge in [-0.1, -0.05) is 0 Å². The van der Waals surface area contributed by atoms with Crippen molar-refractivity contribution in [2.24, 2.45) is 0 Å². The highest BCUT2D eigenvalue weighted by atomic mass is 16.6. The van der Waals surface area contributed by atoms with Gasteiger partial charge in [0.15, 0.2) is 0 Å². The molecule has 1 aromatic carbocycles. The minimum Gasteiger partial charge on any atom is -0.467 e. The Morgan fingerprint density at radius 2 is 2.08 bits per heavy atom. The molecule has 0 spiro atoms. The van der Waals surface area contributed by atoms with Gasteiger partial charge in [0.25, 0.3) is 11.6 Å². The molecular weight excluding hydrogens is 310 g/mol. The third kappa shape index (κ3) is 3.24. The minimum atomic E-state index is -0.420. The van der Waals surface area contributed by atoms with Gasteiger partial charge in [0, 0.05) is 31.8 Å². The molecule has 1 aromatic heterocycles. The van der Waals surface area contributed by atoms with Crippen LogP contribution < -0.4 is 4.90 Å². The number of nitro groups is 1. The predicted octanol–water partition coefficient (Wildman–Crippen LogP) is 3.06. The lowest BCUT2D eigenvalue weighted by Crippen LogP contribution is -2.26. The van der Waals surface area contributed by atoms with Crippen molar-refractivity contribution < 1.29 is 14.1 Å². The molecule has 0 N–H and O–H groups in total. The second-order valence-corrected chi connectivity index (χ2v) is 5.90. The summed E-state index contributed by atoms with van der Waals surface area (Å²) in [4.78, 5) is 27.0. The molecule has 24 heavy (non-hydrogen) atoms. The maximum absolute atomic E-state index is 12.5. The molecule has 0 bridgehead atoms. The summed E-state index contributed by atoms with van der Waals surface area (Å²) in [6.07, 6.45) is 3.61. The lowest BCUT2D eigenvalue weighted by Gasteiger charge is -2.19. The highest BCUT2D eigenvalue weighted by molar-refractivity contribution is 5.95. The van der Waals surface area contributed by atoms with Crippen LogP contribution in [0.4, 0.5) is 11.4 Å². The molecule has 7 nitrogen and oxygen atoms in total. The Hall–Kier alpha value is -2.83. The van der Waals surface area contributed by atoms with Gasteiger partial charge in [0.05, 0.1) is 17.7 Å².